The Hall–Kier alpha value is -0.195. The molecule has 3 rings (SSSR count). The minimum atomic E-state index is 0.637. The number of rotatable bonds is 3. The summed E-state index contributed by atoms with van der Waals surface area (Å²) >= 11 is 0. The fourth-order valence-electron chi connectivity index (χ4n) is 3.77. The largest absolute Gasteiger partial charge is 0.118 e. The maximum absolute atomic E-state index is 3.80. The highest BCUT2D eigenvalue weighted by Gasteiger charge is 2.55. The van der Waals surface area contributed by atoms with Gasteiger partial charge in [0, 0.05) is 0 Å². The fraction of sp³-hybridized carbons (Fsp3) is 0.846. The smallest absolute Gasteiger partial charge is 0.104 e. The normalized spacial score (nSPS) is 43.9. The van der Waals surface area contributed by atoms with E-state index in [1.165, 1.54) is 12.8 Å². The zero-order valence-corrected chi connectivity index (χ0v) is 9.79. The van der Waals surface area contributed by atoms with E-state index in [0.29, 0.717) is 5.41 Å². The molecular weight excluding hydrogens is 167 g/mol. The van der Waals surface area contributed by atoms with Gasteiger partial charge in [-0.25, -0.2) is 0 Å². The summed E-state index contributed by atoms with van der Waals surface area (Å²) in [6.07, 6.45) is 6.04. The van der Waals surface area contributed by atoms with E-state index in [-0.39, 0.29) is 0 Å². The summed E-state index contributed by atoms with van der Waals surface area (Å²) in [6.45, 7) is 11.2. The van der Waals surface area contributed by atoms with Crippen molar-refractivity contribution in [2.45, 2.75) is 45.8 Å². The first-order valence-corrected chi connectivity index (χ1v) is 6.01. The molecule has 3 fully saturated rings. The molecule has 0 aromatic heterocycles. The zero-order valence-electron chi connectivity index (χ0n) is 9.79. The molecule has 0 spiro atoms. The highest BCUT2D eigenvalue weighted by molar-refractivity contribution is 6.38. The predicted octanol–water partition coefficient (Wildman–Crippen LogP) is 3.79. The van der Waals surface area contributed by atoms with Gasteiger partial charge in [-0.15, -0.1) is 6.58 Å². The molecule has 3 aliphatic rings. The molecule has 3 saturated carbocycles. The third kappa shape index (κ3) is 1.36. The van der Waals surface area contributed by atoms with Gasteiger partial charge in [0.05, 0.1) is 0 Å². The molecule has 0 aromatic rings. The van der Waals surface area contributed by atoms with Gasteiger partial charge in [-0.2, -0.15) is 0 Å². The van der Waals surface area contributed by atoms with E-state index in [4.69, 9.17) is 0 Å². The quantitative estimate of drug-likeness (QED) is 0.468. The molecule has 0 aliphatic heterocycles. The summed E-state index contributed by atoms with van der Waals surface area (Å²) in [5.74, 6) is 3.74. The predicted molar refractivity (Wildman–Crippen MR) is 63.7 cm³/mol. The Labute approximate surface area is 89.4 Å². The van der Waals surface area contributed by atoms with Crippen molar-refractivity contribution in [3.05, 3.63) is 12.7 Å². The molecule has 4 atom stereocenters. The van der Waals surface area contributed by atoms with Crippen LogP contribution in [0.3, 0.4) is 0 Å². The molecule has 0 saturated heterocycles. The maximum Gasteiger partial charge on any atom is 0.118 e. The molecule has 0 heterocycles. The van der Waals surface area contributed by atoms with Crippen LogP contribution in [0.25, 0.3) is 0 Å². The minimum absolute atomic E-state index is 0.637. The van der Waals surface area contributed by atoms with Crippen molar-refractivity contribution < 1.29 is 0 Å². The van der Waals surface area contributed by atoms with Gasteiger partial charge >= 0.3 is 0 Å². The third-order valence-corrected chi connectivity index (χ3v) is 5.02. The lowest BCUT2D eigenvalue weighted by molar-refractivity contribution is -0.0985. The van der Waals surface area contributed by atoms with Crippen LogP contribution >= 0.6 is 0 Å². The van der Waals surface area contributed by atoms with Crippen molar-refractivity contribution in [1.29, 1.82) is 0 Å². The Morgan fingerprint density at radius 3 is 2.64 bits per heavy atom. The first-order valence-electron chi connectivity index (χ1n) is 6.01. The van der Waals surface area contributed by atoms with Crippen LogP contribution in [0.15, 0.2) is 12.7 Å². The Balaban J connectivity index is 1.97. The monoisotopic (exact) mass is 189 g/mol. The van der Waals surface area contributed by atoms with Gasteiger partial charge in [0.1, 0.15) is 7.28 Å². The molecule has 1 heteroatoms. The van der Waals surface area contributed by atoms with Crippen LogP contribution < -0.4 is 0 Å². The minimum Gasteiger partial charge on any atom is -0.104 e. The van der Waals surface area contributed by atoms with E-state index in [1.54, 1.807) is 0 Å². The lowest BCUT2D eigenvalue weighted by Gasteiger charge is -2.62. The Morgan fingerprint density at radius 1 is 1.43 bits per heavy atom. The van der Waals surface area contributed by atoms with Gasteiger partial charge < -0.3 is 0 Å². The van der Waals surface area contributed by atoms with Crippen LogP contribution in [-0.4, -0.2) is 7.28 Å². The lowest BCUT2D eigenvalue weighted by Crippen LogP contribution is -2.54. The standard InChI is InChI=1S/C13H22B/c1-5-6-14-12-8-10-7-11(9(12)2)13(10,3)4/h5,9-12H,1,6-8H2,2-4H3/t9?,10-,11+,12-/m0/s1. The van der Waals surface area contributed by atoms with E-state index in [0.717, 1.165) is 29.9 Å². The second kappa shape index (κ2) is 3.43. The summed E-state index contributed by atoms with van der Waals surface area (Å²) in [4.78, 5) is 0. The van der Waals surface area contributed by atoms with Crippen LogP contribution in [-0.2, 0) is 0 Å². The Morgan fingerprint density at radius 2 is 2.14 bits per heavy atom. The number of fused-ring (bicyclic) bond motifs is 2. The van der Waals surface area contributed by atoms with E-state index < -0.39 is 0 Å². The van der Waals surface area contributed by atoms with E-state index >= 15 is 0 Å². The number of allylic oxidation sites excluding steroid dienone is 1. The van der Waals surface area contributed by atoms with E-state index in [1.807, 2.05) is 6.08 Å². The second-order valence-electron chi connectivity index (χ2n) is 5.88. The average molecular weight is 189 g/mol. The summed E-state index contributed by atoms with van der Waals surface area (Å²) in [5, 5.41) is 0. The highest BCUT2D eigenvalue weighted by Crippen LogP contribution is 2.64. The van der Waals surface area contributed by atoms with E-state index in [9.17, 15) is 0 Å². The lowest BCUT2D eigenvalue weighted by atomic mass is 9.37. The van der Waals surface area contributed by atoms with Gasteiger partial charge in [-0.05, 0) is 29.6 Å². The van der Waals surface area contributed by atoms with E-state index in [2.05, 4.69) is 34.6 Å². The fourth-order valence-corrected chi connectivity index (χ4v) is 3.77. The maximum atomic E-state index is 3.80. The molecule has 1 radical (unpaired) electrons. The first-order chi connectivity index (χ1) is 6.57. The van der Waals surface area contributed by atoms with Crippen molar-refractivity contribution in [1.82, 2.24) is 0 Å². The van der Waals surface area contributed by atoms with Crippen molar-refractivity contribution in [3.63, 3.8) is 0 Å². The molecule has 3 aliphatic carbocycles. The molecule has 77 valence electrons. The highest BCUT2D eigenvalue weighted by atomic mass is 14.6. The Bertz CT molecular complexity index is 231. The van der Waals surface area contributed by atoms with Gasteiger partial charge in [0.2, 0.25) is 0 Å². The second-order valence-corrected chi connectivity index (χ2v) is 5.88. The van der Waals surface area contributed by atoms with Crippen LogP contribution in [0, 0.1) is 23.2 Å². The third-order valence-electron chi connectivity index (χ3n) is 5.02. The summed E-state index contributed by atoms with van der Waals surface area (Å²) in [7, 11) is 2.49. The van der Waals surface area contributed by atoms with Gasteiger partial charge in [0.25, 0.3) is 0 Å². The van der Waals surface area contributed by atoms with Crippen molar-refractivity contribution in [2.24, 2.45) is 23.2 Å². The van der Waals surface area contributed by atoms with Crippen molar-refractivity contribution >= 4 is 7.28 Å². The van der Waals surface area contributed by atoms with Crippen molar-refractivity contribution in [3.8, 4) is 0 Å². The molecule has 0 amide bonds. The summed E-state index contributed by atoms with van der Waals surface area (Å²) in [6, 6.07) is 0. The molecule has 0 aromatic carbocycles. The van der Waals surface area contributed by atoms with Crippen LogP contribution in [0.4, 0.5) is 0 Å². The van der Waals surface area contributed by atoms with Gasteiger partial charge in [0.15, 0.2) is 0 Å². The van der Waals surface area contributed by atoms with Gasteiger partial charge in [-0.1, -0.05) is 45.4 Å². The summed E-state index contributed by atoms with van der Waals surface area (Å²) in [5.41, 5.74) is 0.637. The summed E-state index contributed by atoms with van der Waals surface area (Å²) < 4.78 is 0. The molecule has 14 heavy (non-hydrogen) atoms. The number of hydrogen-bond donors (Lipinski definition) is 0. The molecule has 0 nitrogen and oxygen atoms in total. The molecular formula is C13H22B. The van der Waals surface area contributed by atoms with Crippen LogP contribution in [0.2, 0.25) is 12.1 Å². The van der Waals surface area contributed by atoms with Gasteiger partial charge in [-0.3, -0.25) is 0 Å². The number of hydrogen-bond acceptors (Lipinski definition) is 0. The topological polar surface area (TPSA) is 0 Å². The van der Waals surface area contributed by atoms with Crippen LogP contribution in [0.1, 0.15) is 33.6 Å². The molecule has 1 unspecified atom stereocenters. The Kier molecular flexibility index (Phi) is 2.53. The van der Waals surface area contributed by atoms with Crippen LogP contribution in [0.5, 0.6) is 0 Å². The van der Waals surface area contributed by atoms with Crippen molar-refractivity contribution in [2.75, 3.05) is 0 Å². The first kappa shape index (κ1) is 10.3. The molecule has 2 bridgehead atoms. The molecule has 0 N–H and O–H groups in total. The zero-order chi connectivity index (χ0) is 10.3. The SMILES string of the molecule is C=CC[B][C@H]1C[C@@H]2C[C@H](C1C)C2(C)C. The average Bonchev–Trinajstić information content (AvgIpc) is 2.15.